The predicted molar refractivity (Wildman–Crippen MR) is 246 cm³/mol. The van der Waals surface area contributed by atoms with Crippen molar-refractivity contribution < 1.29 is 28.6 Å². The number of carbonyl (C=O) groups excluding carboxylic acids is 3. The maximum atomic E-state index is 12.7. The lowest BCUT2D eigenvalue weighted by molar-refractivity contribution is -0.166. The van der Waals surface area contributed by atoms with Gasteiger partial charge >= 0.3 is 17.9 Å². The van der Waals surface area contributed by atoms with Crippen LogP contribution >= 0.6 is 0 Å². The quantitative estimate of drug-likeness (QED) is 0.0270. The van der Waals surface area contributed by atoms with Gasteiger partial charge in [-0.1, -0.05) is 161 Å². The Morgan fingerprint density at radius 2 is 0.690 bits per heavy atom. The maximum Gasteiger partial charge on any atom is 0.309 e. The zero-order valence-electron chi connectivity index (χ0n) is 36.5. The molecule has 0 aromatic rings. The van der Waals surface area contributed by atoms with Crippen molar-refractivity contribution in [3.05, 3.63) is 134 Å². The van der Waals surface area contributed by atoms with Crippen molar-refractivity contribution in [2.75, 3.05) is 13.2 Å². The van der Waals surface area contributed by atoms with E-state index < -0.39 is 12.1 Å². The van der Waals surface area contributed by atoms with Crippen LogP contribution in [0, 0.1) is 0 Å². The van der Waals surface area contributed by atoms with Gasteiger partial charge in [0.15, 0.2) is 6.10 Å². The van der Waals surface area contributed by atoms with Crippen LogP contribution in [0.25, 0.3) is 0 Å². The molecule has 0 rings (SSSR count). The Labute approximate surface area is 354 Å². The molecule has 6 nitrogen and oxygen atoms in total. The van der Waals surface area contributed by atoms with Gasteiger partial charge in [-0.15, -0.1) is 0 Å². The van der Waals surface area contributed by atoms with Crippen molar-refractivity contribution in [2.45, 2.75) is 162 Å². The Kier molecular flexibility index (Phi) is 41.8. The second kappa shape index (κ2) is 45.3. The van der Waals surface area contributed by atoms with Crippen LogP contribution in [0.3, 0.4) is 0 Å². The minimum absolute atomic E-state index is 0.114. The van der Waals surface area contributed by atoms with E-state index in [1.54, 1.807) is 6.08 Å². The van der Waals surface area contributed by atoms with Crippen molar-refractivity contribution >= 4 is 17.9 Å². The topological polar surface area (TPSA) is 78.9 Å². The van der Waals surface area contributed by atoms with E-state index in [0.29, 0.717) is 12.8 Å². The van der Waals surface area contributed by atoms with Gasteiger partial charge in [-0.25, -0.2) is 0 Å². The molecular weight excluding hydrogens is 721 g/mol. The first-order valence-electron chi connectivity index (χ1n) is 22.2. The van der Waals surface area contributed by atoms with Crippen LogP contribution in [0.1, 0.15) is 156 Å². The van der Waals surface area contributed by atoms with Crippen LogP contribution in [-0.2, 0) is 28.6 Å². The molecule has 0 aliphatic rings. The molecule has 6 heteroatoms. The molecule has 0 radical (unpaired) electrons. The molecule has 58 heavy (non-hydrogen) atoms. The number of rotatable bonds is 37. The Hall–Kier alpha value is -4.45. The summed E-state index contributed by atoms with van der Waals surface area (Å²) in [4.78, 5) is 37.6. The van der Waals surface area contributed by atoms with Crippen molar-refractivity contribution in [1.29, 1.82) is 0 Å². The summed E-state index contributed by atoms with van der Waals surface area (Å²) in [6.45, 7) is 6.08. The third kappa shape index (κ3) is 42.7. The first-order chi connectivity index (χ1) is 28.5. The van der Waals surface area contributed by atoms with Gasteiger partial charge in [0, 0.05) is 12.8 Å². The average molecular weight is 799 g/mol. The lowest BCUT2D eigenvalue weighted by atomic mass is 10.1. The number of unbranched alkanes of at least 4 members (excludes halogenated alkanes) is 5. The molecular formula is C52H78O6. The van der Waals surface area contributed by atoms with E-state index in [1.165, 1.54) is 0 Å². The Balaban J connectivity index is 4.54. The summed E-state index contributed by atoms with van der Waals surface area (Å²) in [6.07, 6.45) is 63.3. The highest BCUT2D eigenvalue weighted by Crippen LogP contribution is 2.09. The van der Waals surface area contributed by atoms with Crippen LogP contribution in [-0.4, -0.2) is 37.2 Å². The molecule has 0 saturated heterocycles. The SMILES string of the molecule is CC/C=C\C/C=C\C/C=C\C/C=C\C/C=C\CCCCCC(=O)OCC(COC(=O)C/C=C\C/C=C\C/C=C\CC)OC(=O)CCCC/C=C\C/C=C\C/C=C\CC. The maximum absolute atomic E-state index is 12.7. The van der Waals surface area contributed by atoms with E-state index >= 15 is 0 Å². The molecule has 1 unspecified atom stereocenters. The van der Waals surface area contributed by atoms with E-state index in [0.717, 1.165) is 109 Å². The Morgan fingerprint density at radius 3 is 1.12 bits per heavy atom. The van der Waals surface area contributed by atoms with Crippen LogP contribution in [0.5, 0.6) is 0 Å². The molecule has 0 aromatic heterocycles. The average Bonchev–Trinajstić information content (AvgIpc) is 3.22. The molecule has 0 aliphatic carbocycles. The minimum atomic E-state index is -0.849. The van der Waals surface area contributed by atoms with Gasteiger partial charge in [-0.2, -0.15) is 0 Å². The largest absolute Gasteiger partial charge is 0.462 e. The lowest BCUT2D eigenvalue weighted by Gasteiger charge is -2.18. The molecule has 322 valence electrons. The van der Waals surface area contributed by atoms with Gasteiger partial charge in [0.25, 0.3) is 0 Å². The molecule has 0 fully saturated rings. The predicted octanol–water partition coefficient (Wildman–Crippen LogP) is 14.4. The van der Waals surface area contributed by atoms with Gasteiger partial charge in [0.05, 0.1) is 6.42 Å². The van der Waals surface area contributed by atoms with Crippen LogP contribution in [0.15, 0.2) is 134 Å². The Bertz CT molecular complexity index is 1330. The van der Waals surface area contributed by atoms with Crippen LogP contribution in [0.4, 0.5) is 0 Å². The zero-order chi connectivity index (χ0) is 42.3. The van der Waals surface area contributed by atoms with E-state index in [9.17, 15) is 14.4 Å². The van der Waals surface area contributed by atoms with Gasteiger partial charge in [-0.05, 0) is 109 Å². The number of hydrogen-bond acceptors (Lipinski definition) is 6. The molecule has 1 atom stereocenters. The highest BCUT2D eigenvalue weighted by atomic mass is 16.6. The minimum Gasteiger partial charge on any atom is -0.462 e. The van der Waals surface area contributed by atoms with Gasteiger partial charge in [-0.3, -0.25) is 14.4 Å². The van der Waals surface area contributed by atoms with Gasteiger partial charge < -0.3 is 14.2 Å². The fourth-order valence-corrected chi connectivity index (χ4v) is 5.19. The van der Waals surface area contributed by atoms with E-state index in [1.807, 2.05) is 6.08 Å². The summed E-state index contributed by atoms with van der Waals surface area (Å²) in [5.74, 6) is -1.16. The molecule has 0 heterocycles. The normalized spacial score (nSPS) is 13.4. The van der Waals surface area contributed by atoms with Crippen molar-refractivity contribution in [2.24, 2.45) is 0 Å². The van der Waals surface area contributed by atoms with E-state index in [4.69, 9.17) is 14.2 Å². The molecule has 0 spiro atoms. The third-order valence-electron chi connectivity index (χ3n) is 8.41. The number of esters is 3. The summed E-state index contributed by atoms with van der Waals surface area (Å²) in [5.41, 5.74) is 0. The van der Waals surface area contributed by atoms with Crippen molar-refractivity contribution in [1.82, 2.24) is 0 Å². The van der Waals surface area contributed by atoms with Gasteiger partial charge in [0.2, 0.25) is 0 Å². The smallest absolute Gasteiger partial charge is 0.309 e. The highest BCUT2D eigenvalue weighted by Gasteiger charge is 2.19. The highest BCUT2D eigenvalue weighted by molar-refractivity contribution is 5.72. The Morgan fingerprint density at radius 1 is 0.362 bits per heavy atom. The first-order valence-corrected chi connectivity index (χ1v) is 22.2. The number of hydrogen-bond donors (Lipinski definition) is 0. The molecule has 0 amide bonds. The molecule has 0 aromatic carbocycles. The molecule has 0 bridgehead atoms. The third-order valence-corrected chi connectivity index (χ3v) is 8.41. The van der Waals surface area contributed by atoms with Crippen LogP contribution in [0.2, 0.25) is 0 Å². The first kappa shape index (κ1) is 53.6. The summed E-state index contributed by atoms with van der Waals surface area (Å²) in [6, 6.07) is 0. The van der Waals surface area contributed by atoms with Crippen molar-refractivity contribution in [3.8, 4) is 0 Å². The van der Waals surface area contributed by atoms with E-state index in [-0.39, 0.29) is 38.0 Å². The van der Waals surface area contributed by atoms with E-state index in [2.05, 4.69) is 142 Å². The summed E-state index contributed by atoms with van der Waals surface area (Å²) in [5, 5.41) is 0. The fourth-order valence-electron chi connectivity index (χ4n) is 5.19. The second-order valence-corrected chi connectivity index (χ2v) is 13.8. The molecule has 0 saturated carbocycles. The number of ether oxygens (including phenoxy) is 3. The summed E-state index contributed by atoms with van der Waals surface area (Å²) in [7, 11) is 0. The lowest BCUT2D eigenvalue weighted by Crippen LogP contribution is -2.30. The summed E-state index contributed by atoms with van der Waals surface area (Å²) >= 11 is 0. The molecule has 0 N–H and O–H groups in total. The molecule has 0 aliphatic heterocycles. The zero-order valence-corrected chi connectivity index (χ0v) is 36.5. The second-order valence-electron chi connectivity index (χ2n) is 13.8. The van der Waals surface area contributed by atoms with Crippen molar-refractivity contribution in [3.63, 3.8) is 0 Å². The monoisotopic (exact) mass is 799 g/mol. The number of allylic oxidation sites excluding steroid dienone is 21. The standard InChI is InChI=1S/C52H78O6/c1-4-7-10-13-16-19-21-23-24-25-26-27-28-29-31-33-36-39-42-45-51(54)57-48-49(47-56-50(53)44-41-38-35-32-18-15-12-9-6-3)58-52(55)46-43-40-37-34-30-22-20-17-14-11-8-5-2/h7-12,16-20,23-24,26-27,29-32,34,38,41,49H,4-6,13-15,21-22,25,28,33,35-37,39-40,42-48H2,1-3H3/b10-7-,11-8-,12-9-,19-16-,20-17-,24-23-,27-26-,31-29-,32-18-,34-30-,41-38-. The summed E-state index contributed by atoms with van der Waals surface area (Å²) < 4.78 is 16.5. The number of carbonyl (C=O) groups is 3. The fraction of sp³-hybridized carbons (Fsp3) is 0.519. The van der Waals surface area contributed by atoms with Crippen LogP contribution < -0.4 is 0 Å². The van der Waals surface area contributed by atoms with Gasteiger partial charge in [0.1, 0.15) is 13.2 Å².